The highest BCUT2D eigenvalue weighted by molar-refractivity contribution is 9.10. The van der Waals surface area contributed by atoms with Gasteiger partial charge >= 0.3 is 0 Å². The van der Waals surface area contributed by atoms with Crippen molar-refractivity contribution in [3.63, 3.8) is 0 Å². The molecule has 2 aromatic rings. The molecule has 0 saturated carbocycles. The molecule has 0 amide bonds. The van der Waals surface area contributed by atoms with Crippen molar-refractivity contribution >= 4 is 15.9 Å². The summed E-state index contributed by atoms with van der Waals surface area (Å²) in [6, 6.07) is 15.8. The third-order valence-electron chi connectivity index (χ3n) is 2.96. The fraction of sp³-hybridized carbons (Fsp3) is 0.200. The van der Waals surface area contributed by atoms with Crippen LogP contribution in [0.3, 0.4) is 0 Å². The fourth-order valence-corrected chi connectivity index (χ4v) is 2.49. The third-order valence-corrected chi connectivity index (χ3v) is 3.68. The van der Waals surface area contributed by atoms with Crippen LogP contribution >= 0.6 is 15.9 Å². The van der Waals surface area contributed by atoms with Gasteiger partial charge in [0.1, 0.15) is 5.75 Å². The van der Waals surface area contributed by atoms with Gasteiger partial charge in [-0.25, -0.2) is 0 Å². The van der Waals surface area contributed by atoms with Crippen LogP contribution in [0.4, 0.5) is 0 Å². The Morgan fingerprint density at radius 2 is 1.78 bits per heavy atom. The van der Waals surface area contributed by atoms with E-state index in [1.54, 1.807) is 6.07 Å². The molecule has 18 heavy (non-hydrogen) atoms. The van der Waals surface area contributed by atoms with Gasteiger partial charge in [-0.1, -0.05) is 52.3 Å². The molecule has 0 aliphatic rings. The largest absolute Gasteiger partial charge is 0.508 e. The normalized spacial score (nSPS) is 12.3. The molecular weight excluding hydrogens is 290 g/mol. The van der Waals surface area contributed by atoms with Gasteiger partial charge in [0.05, 0.1) is 0 Å². The number of aromatic hydroxyl groups is 1. The quantitative estimate of drug-likeness (QED) is 0.894. The number of para-hydroxylation sites is 1. The molecule has 2 nitrogen and oxygen atoms in total. The number of nitrogens with one attached hydrogen (secondary N) is 1. The molecule has 0 radical (unpaired) electrons. The van der Waals surface area contributed by atoms with Crippen molar-refractivity contribution in [2.75, 3.05) is 0 Å². The van der Waals surface area contributed by atoms with Gasteiger partial charge in [-0.3, -0.25) is 0 Å². The molecule has 2 N–H and O–H groups in total. The Labute approximate surface area is 116 Å². The Bertz CT molecular complexity index is 527. The average molecular weight is 306 g/mol. The third kappa shape index (κ3) is 3.12. The molecule has 2 aromatic carbocycles. The van der Waals surface area contributed by atoms with E-state index in [2.05, 4.69) is 34.2 Å². The SMILES string of the molecule is C[C@@H](NCc1ccccc1O)c1ccccc1Br. The first kappa shape index (κ1) is 13.1. The van der Waals surface area contributed by atoms with Crippen LogP contribution in [0.5, 0.6) is 5.75 Å². The summed E-state index contributed by atoms with van der Waals surface area (Å²) in [6.45, 7) is 2.76. The maximum Gasteiger partial charge on any atom is 0.120 e. The summed E-state index contributed by atoms with van der Waals surface area (Å²) in [5.74, 6) is 0.337. The Morgan fingerprint density at radius 1 is 1.11 bits per heavy atom. The summed E-state index contributed by atoms with van der Waals surface area (Å²) in [5.41, 5.74) is 2.13. The Kier molecular flexibility index (Phi) is 4.39. The van der Waals surface area contributed by atoms with Crippen LogP contribution in [0.25, 0.3) is 0 Å². The van der Waals surface area contributed by atoms with Crippen molar-refractivity contribution < 1.29 is 5.11 Å². The van der Waals surface area contributed by atoms with E-state index in [0.717, 1.165) is 10.0 Å². The molecule has 0 saturated heterocycles. The summed E-state index contributed by atoms with van der Waals surface area (Å²) < 4.78 is 1.10. The van der Waals surface area contributed by atoms with E-state index >= 15 is 0 Å². The highest BCUT2D eigenvalue weighted by Crippen LogP contribution is 2.23. The lowest BCUT2D eigenvalue weighted by molar-refractivity contribution is 0.460. The van der Waals surface area contributed by atoms with Crippen LogP contribution in [-0.2, 0) is 6.54 Å². The minimum atomic E-state index is 0.222. The maximum atomic E-state index is 9.70. The minimum Gasteiger partial charge on any atom is -0.508 e. The molecule has 0 heterocycles. The van der Waals surface area contributed by atoms with Crippen molar-refractivity contribution in [2.24, 2.45) is 0 Å². The lowest BCUT2D eigenvalue weighted by Gasteiger charge is -2.16. The van der Waals surface area contributed by atoms with Crippen LogP contribution in [0.1, 0.15) is 24.1 Å². The first-order chi connectivity index (χ1) is 8.68. The molecule has 3 heteroatoms. The number of hydrogen-bond acceptors (Lipinski definition) is 2. The van der Waals surface area contributed by atoms with Gasteiger partial charge in [-0.2, -0.15) is 0 Å². The van der Waals surface area contributed by atoms with Crippen LogP contribution in [0.2, 0.25) is 0 Å². The molecule has 2 rings (SSSR count). The number of rotatable bonds is 4. The van der Waals surface area contributed by atoms with Gasteiger partial charge in [0.2, 0.25) is 0 Å². The highest BCUT2D eigenvalue weighted by Gasteiger charge is 2.08. The van der Waals surface area contributed by atoms with Crippen molar-refractivity contribution in [1.82, 2.24) is 5.32 Å². The predicted molar refractivity (Wildman–Crippen MR) is 77.5 cm³/mol. The summed E-state index contributed by atoms with van der Waals surface area (Å²) in [5, 5.41) is 13.1. The van der Waals surface area contributed by atoms with E-state index in [4.69, 9.17) is 0 Å². The summed E-state index contributed by atoms with van der Waals surface area (Å²) in [4.78, 5) is 0. The lowest BCUT2D eigenvalue weighted by atomic mass is 10.1. The smallest absolute Gasteiger partial charge is 0.120 e. The van der Waals surface area contributed by atoms with Gasteiger partial charge in [0.25, 0.3) is 0 Å². The molecule has 0 fully saturated rings. The van der Waals surface area contributed by atoms with Gasteiger partial charge in [-0.15, -0.1) is 0 Å². The molecular formula is C15H16BrNO. The van der Waals surface area contributed by atoms with E-state index < -0.39 is 0 Å². The van der Waals surface area contributed by atoms with Crippen LogP contribution in [0.15, 0.2) is 53.0 Å². The van der Waals surface area contributed by atoms with Crippen LogP contribution in [0, 0.1) is 0 Å². The summed E-state index contributed by atoms with van der Waals surface area (Å²) in [6.07, 6.45) is 0. The fourth-order valence-electron chi connectivity index (χ4n) is 1.86. The Balaban J connectivity index is 2.03. The first-order valence-corrected chi connectivity index (χ1v) is 6.72. The second-order valence-corrected chi connectivity index (χ2v) is 5.11. The summed E-state index contributed by atoms with van der Waals surface area (Å²) in [7, 11) is 0. The number of benzene rings is 2. The van der Waals surface area contributed by atoms with Gasteiger partial charge in [0, 0.05) is 22.6 Å². The van der Waals surface area contributed by atoms with Crippen LogP contribution < -0.4 is 5.32 Å². The number of phenolic OH excluding ortho intramolecular Hbond substituents is 1. The molecule has 0 aliphatic heterocycles. The second-order valence-electron chi connectivity index (χ2n) is 4.25. The van der Waals surface area contributed by atoms with E-state index in [1.165, 1.54) is 5.56 Å². The summed E-state index contributed by atoms with van der Waals surface area (Å²) >= 11 is 3.55. The zero-order valence-electron chi connectivity index (χ0n) is 10.2. The van der Waals surface area contributed by atoms with E-state index in [1.807, 2.05) is 36.4 Å². The monoisotopic (exact) mass is 305 g/mol. The first-order valence-electron chi connectivity index (χ1n) is 5.93. The number of phenols is 1. The number of hydrogen-bond donors (Lipinski definition) is 2. The number of halogens is 1. The van der Waals surface area contributed by atoms with E-state index in [9.17, 15) is 5.11 Å². The lowest BCUT2D eigenvalue weighted by Crippen LogP contribution is -2.18. The molecule has 94 valence electrons. The van der Waals surface area contributed by atoms with Gasteiger partial charge in [0.15, 0.2) is 0 Å². The van der Waals surface area contributed by atoms with E-state index in [-0.39, 0.29) is 6.04 Å². The molecule has 0 aliphatic carbocycles. The zero-order chi connectivity index (χ0) is 13.0. The van der Waals surface area contributed by atoms with Crippen LogP contribution in [-0.4, -0.2) is 5.11 Å². The van der Waals surface area contributed by atoms with Crippen molar-refractivity contribution in [3.8, 4) is 5.75 Å². The van der Waals surface area contributed by atoms with Gasteiger partial charge in [-0.05, 0) is 24.6 Å². The standard InChI is InChI=1S/C15H16BrNO/c1-11(13-7-3-4-8-14(13)16)17-10-12-6-2-5-9-15(12)18/h2-9,11,17-18H,10H2,1H3/t11-/m1/s1. The second kappa shape index (κ2) is 6.03. The van der Waals surface area contributed by atoms with E-state index in [0.29, 0.717) is 12.3 Å². The zero-order valence-corrected chi connectivity index (χ0v) is 11.8. The molecule has 0 aromatic heterocycles. The Hall–Kier alpha value is -1.32. The van der Waals surface area contributed by atoms with Crippen molar-refractivity contribution in [2.45, 2.75) is 19.5 Å². The highest BCUT2D eigenvalue weighted by atomic mass is 79.9. The molecule has 0 bridgehead atoms. The molecule has 1 atom stereocenters. The molecule has 0 unspecified atom stereocenters. The maximum absolute atomic E-state index is 9.70. The molecule has 0 spiro atoms. The van der Waals surface area contributed by atoms with Crippen molar-refractivity contribution in [3.05, 3.63) is 64.1 Å². The van der Waals surface area contributed by atoms with Gasteiger partial charge < -0.3 is 10.4 Å². The van der Waals surface area contributed by atoms with Crippen molar-refractivity contribution in [1.29, 1.82) is 0 Å². The minimum absolute atomic E-state index is 0.222. The predicted octanol–water partition coefficient (Wildman–Crippen LogP) is 4.01. The Morgan fingerprint density at radius 3 is 2.50 bits per heavy atom. The topological polar surface area (TPSA) is 32.3 Å². The average Bonchev–Trinajstić information content (AvgIpc) is 2.38.